The second kappa shape index (κ2) is 9.38. The van der Waals surface area contributed by atoms with Crippen LogP contribution in [0.25, 0.3) is 0 Å². The van der Waals surface area contributed by atoms with Gasteiger partial charge in [0.15, 0.2) is 0 Å². The van der Waals surface area contributed by atoms with Gasteiger partial charge in [-0.15, -0.1) is 12.4 Å². The van der Waals surface area contributed by atoms with Gasteiger partial charge >= 0.3 is 0 Å². The van der Waals surface area contributed by atoms with E-state index in [1.807, 2.05) is 13.0 Å². The fourth-order valence-corrected chi connectivity index (χ4v) is 1.88. The normalized spacial score (nSPS) is 9.22. The van der Waals surface area contributed by atoms with E-state index >= 15 is 0 Å². The van der Waals surface area contributed by atoms with Gasteiger partial charge < -0.3 is 17.2 Å². The van der Waals surface area contributed by atoms with Gasteiger partial charge in [-0.25, -0.2) is 9.97 Å². The lowest BCUT2D eigenvalue weighted by Crippen LogP contribution is -2.03. The van der Waals surface area contributed by atoms with Crippen LogP contribution in [0.15, 0.2) is 12.1 Å². The average Bonchev–Trinajstić information content (AvgIpc) is 2.47. The summed E-state index contributed by atoms with van der Waals surface area (Å²) in [7, 11) is 0. The van der Waals surface area contributed by atoms with Crippen LogP contribution in [0, 0.1) is 25.2 Å². The number of nitrogens with two attached hydrogens (primary N) is 3. The molecule has 0 unspecified atom stereocenters. The minimum absolute atomic E-state index is 0. The highest BCUT2D eigenvalue weighted by atomic mass is 35.5. The molecule has 2 aromatic rings. The van der Waals surface area contributed by atoms with Gasteiger partial charge in [-0.05, 0) is 31.5 Å². The third-order valence-corrected chi connectivity index (χ3v) is 3.44. The van der Waals surface area contributed by atoms with E-state index in [1.54, 1.807) is 13.0 Å². The zero-order valence-corrected chi connectivity index (χ0v) is 14.9. The molecule has 6 nitrogen and oxygen atoms in total. The molecule has 0 radical (unpaired) electrons. The van der Waals surface area contributed by atoms with Crippen LogP contribution in [0.1, 0.15) is 22.5 Å². The maximum Gasteiger partial charge on any atom is 0.142 e. The van der Waals surface area contributed by atoms with Gasteiger partial charge in [0.05, 0.1) is 21.3 Å². The molecule has 0 aliphatic rings. The molecule has 2 aromatic heterocycles. The molecular formula is C14H17Cl3N6. The Hall–Kier alpha value is -1.78. The van der Waals surface area contributed by atoms with E-state index in [-0.39, 0.29) is 18.2 Å². The van der Waals surface area contributed by atoms with Crippen LogP contribution in [0.3, 0.4) is 0 Å². The van der Waals surface area contributed by atoms with Crippen molar-refractivity contribution in [2.75, 3.05) is 11.5 Å². The SMILES string of the molecule is Cc1nc(N)c(Cl)cc1C#N.Cc1nc(N)c(Cl)cc1CN.Cl. The molecule has 2 heterocycles. The molecule has 0 saturated carbocycles. The first-order chi connectivity index (χ1) is 10.3. The summed E-state index contributed by atoms with van der Waals surface area (Å²) in [5.41, 5.74) is 19.1. The van der Waals surface area contributed by atoms with Crippen LogP contribution in [0.5, 0.6) is 0 Å². The Morgan fingerprint density at radius 2 is 1.52 bits per heavy atom. The summed E-state index contributed by atoms with van der Waals surface area (Å²) in [4.78, 5) is 7.88. The summed E-state index contributed by atoms with van der Waals surface area (Å²) in [5, 5.41) is 9.34. The molecule has 124 valence electrons. The maximum atomic E-state index is 8.54. The van der Waals surface area contributed by atoms with E-state index in [1.165, 1.54) is 6.07 Å². The highest BCUT2D eigenvalue weighted by Gasteiger charge is 2.03. The minimum atomic E-state index is 0. The van der Waals surface area contributed by atoms with Crippen molar-refractivity contribution in [2.24, 2.45) is 5.73 Å². The van der Waals surface area contributed by atoms with Gasteiger partial charge in [-0.1, -0.05) is 23.2 Å². The summed E-state index contributed by atoms with van der Waals surface area (Å²) >= 11 is 11.3. The Kier molecular flexibility index (Phi) is 8.65. The molecule has 0 aliphatic carbocycles. The van der Waals surface area contributed by atoms with Gasteiger partial charge in [-0.2, -0.15) is 5.26 Å². The molecule has 0 aliphatic heterocycles. The molecule has 0 amide bonds. The molecular weight excluding hydrogens is 359 g/mol. The Bertz CT molecular complexity index is 718. The number of hydrogen-bond acceptors (Lipinski definition) is 6. The number of hydrogen-bond donors (Lipinski definition) is 3. The number of aromatic nitrogens is 2. The van der Waals surface area contributed by atoms with E-state index in [9.17, 15) is 0 Å². The van der Waals surface area contributed by atoms with Crippen molar-refractivity contribution in [1.29, 1.82) is 5.26 Å². The molecule has 0 saturated heterocycles. The second-order valence-corrected chi connectivity index (χ2v) is 5.22. The van der Waals surface area contributed by atoms with Gasteiger partial charge in [0.25, 0.3) is 0 Å². The number of nitriles is 1. The number of pyridine rings is 2. The van der Waals surface area contributed by atoms with Crippen LogP contribution >= 0.6 is 35.6 Å². The van der Waals surface area contributed by atoms with E-state index in [0.29, 0.717) is 33.7 Å². The summed E-state index contributed by atoms with van der Waals surface area (Å²) in [5.74, 6) is 0.629. The Morgan fingerprint density at radius 3 is 2.00 bits per heavy atom. The lowest BCUT2D eigenvalue weighted by molar-refractivity contribution is 1.01. The zero-order chi connectivity index (χ0) is 16.9. The highest BCUT2D eigenvalue weighted by molar-refractivity contribution is 6.33. The molecule has 0 spiro atoms. The fourth-order valence-electron chi connectivity index (χ4n) is 1.56. The van der Waals surface area contributed by atoms with Crippen molar-refractivity contribution in [3.63, 3.8) is 0 Å². The van der Waals surface area contributed by atoms with Crippen LogP contribution in [0.2, 0.25) is 10.0 Å². The lowest BCUT2D eigenvalue weighted by atomic mass is 10.2. The standard InChI is InChI=1S/C7H10ClN3.C7H6ClN3.ClH/c2*1-4-5(3-9)2-6(8)7(10)11-4;/h2H,3,9H2,1H3,(H2,10,11);2H,1H3,(H2,10,11);1H. The summed E-state index contributed by atoms with van der Waals surface area (Å²) in [6.07, 6.45) is 0. The first-order valence-electron chi connectivity index (χ1n) is 6.24. The van der Waals surface area contributed by atoms with Crippen molar-refractivity contribution in [3.05, 3.63) is 44.7 Å². The Morgan fingerprint density at radius 1 is 1.04 bits per heavy atom. The Labute approximate surface area is 151 Å². The number of rotatable bonds is 1. The van der Waals surface area contributed by atoms with Crippen LogP contribution < -0.4 is 17.2 Å². The van der Waals surface area contributed by atoms with Crippen LogP contribution in [0.4, 0.5) is 11.6 Å². The van der Waals surface area contributed by atoms with Crippen molar-refractivity contribution in [2.45, 2.75) is 20.4 Å². The molecule has 0 bridgehead atoms. The number of aryl methyl sites for hydroxylation is 2. The third-order valence-electron chi connectivity index (χ3n) is 2.83. The number of anilines is 2. The Balaban J connectivity index is 0.000000403. The van der Waals surface area contributed by atoms with E-state index in [2.05, 4.69) is 9.97 Å². The van der Waals surface area contributed by atoms with Gasteiger partial charge in [0.2, 0.25) is 0 Å². The molecule has 0 fully saturated rings. The molecule has 0 aromatic carbocycles. The average molecular weight is 376 g/mol. The number of halogens is 3. The fraction of sp³-hybridized carbons (Fsp3) is 0.214. The summed E-state index contributed by atoms with van der Waals surface area (Å²) in [6.45, 7) is 4.01. The minimum Gasteiger partial charge on any atom is -0.382 e. The molecule has 2 rings (SSSR count). The number of nitrogens with zero attached hydrogens (tertiary/aromatic N) is 3. The molecule has 23 heavy (non-hydrogen) atoms. The van der Waals surface area contributed by atoms with Crippen molar-refractivity contribution >= 4 is 47.2 Å². The zero-order valence-electron chi connectivity index (χ0n) is 12.6. The van der Waals surface area contributed by atoms with Gasteiger partial charge in [0, 0.05) is 12.2 Å². The van der Waals surface area contributed by atoms with Crippen molar-refractivity contribution < 1.29 is 0 Å². The van der Waals surface area contributed by atoms with Crippen molar-refractivity contribution in [1.82, 2.24) is 9.97 Å². The first kappa shape index (κ1) is 21.2. The maximum absolute atomic E-state index is 8.54. The van der Waals surface area contributed by atoms with Crippen LogP contribution in [-0.2, 0) is 6.54 Å². The summed E-state index contributed by atoms with van der Waals surface area (Å²) in [6, 6.07) is 5.22. The topological polar surface area (TPSA) is 128 Å². The first-order valence-corrected chi connectivity index (χ1v) is 7.00. The van der Waals surface area contributed by atoms with E-state index < -0.39 is 0 Å². The lowest BCUT2D eigenvalue weighted by Gasteiger charge is -2.03. The smallest absolute Gasteiger partial charge is 0.142 e. The highest BCUT2D eigenvalue weighted by Crippen LogP contribution is 2.19. The predicted molar refractivity (Wildman–Crippen MR) is 96.6 cm³/mol. The van der Waals surface area contributed by atoms with Gasteiger partial charge in [-0.3, -0.25) is 0 Å². The van der Waals surface area contributed by atoms with Crippen molar-refractivity contribution in [3.8, 4) is 6.07 Å². The van der Waals surface area contributed by atoms with E-state index in [4.69, 9.17) is 45.7 Å². The summed E-state index contributed by atoms with van der Waals surface area (Å²) < 4.78 is 0. The largest absolute Gasteiger partial charge is 0.382 e. The monoisotopic (exact) mass is 374 g/mol. The molecule has 6 N–H and O–H groups in total. The van der Waals surface area contributed by atoms with Gasteiger partial charge in [0.1, 0.15) is 17.7 Å². The second-order valence-electron chi connectivity index (χ2n) is 4.40. The van der Waals surface area contributed by atoms with E-state index in [0.717, 1.165) is 11.3 Å². The molecule has 9 heteroatoms. The quantitative estimate of drug-likeness (QED) is 0.703. The number of nitrogen functional groups attached to an aromatic ring is 2. The molecule has 0 atom stereocenters. The van der Waals surface area contributed by atoms with Crippen LogP contribution in [-0.4, -0.2) is 9.97 Å². The predicted octanol–water partition coefficient (Wildman–Crippen LogP) is 3.00. The third kappa shape index (κ3) is 5.73.